The summed E-state index contributed by atoms with van der Waals surface area (Å²) in [6.45, 7) is 4.03. The van der Waals surface area contributed by atoms with Gasteiger partial charge in [-0.2, -0.15) is 0 Å². The SMILES string of the molecule is COc1cccc(/C=C(\NC(=O)c2ccccc2)C(=O)Nc2ccc(SCC(=O)Nc3nc(-c4ccc(C)cc4)c(C)s3)cc2)c1. The van der Waals surface area contributed by atoms with Crippen LogP contribution >= 0.6 is 23.1 Å². The number of aromatic nitrogens is 1. The van der Waals surface area contributed by atoms with E-state index in [4.69, 9.17) is 4.74 Å². The highest BCUT2D eigenvalue weighted by atomic mass is 32.2. The summed E-state index contributed by atoms with van der Waals surface area (Å²) in [7, 11) is 1.56. The van der Waals surface area contributed by atoms with Gasteiger partial charge in [0.1, 0.15) is 11.4 Å². The van der Waals surface area contributed by atoms with Crippen molar-refractivity contribution >= 4 is 57.7 Å². The van der Waals surface area contributed by atoms with Crippen LogP contribution in [0.2, 0.25) is 0 Å². The zero-order valence-electron chi connectivity index (χ0n) is 25.5. The van der Waals surface area contributed by atoms with Crippen molar-refractivity contribution in [1.82, 2.24) is 10.3 Å². The molecule has 4 aromatic carbocycles. The van der Waals surface area contributed by atoms with E-state index in [0.29, 0.717) is 27.7 Å². The average Bonchev–Trinajstić information content (AvgIpc) is 3.44. The fourth-order valence-electron chi connectivity index (χ4n) is 4.41. The highest BCUT2D eigenvalue weighted by Crippen LogP contribution is 2.31. The van der Waals surface area contributed by atoms with E-state index in [-0.39, 0.29) is 17.4 Å². The van der Waals surface area contributed by atoms with Crippen molar-refractivity contribution in [3.63, 3.8) is 0 Å². The summed E-state index contributed by atoms with van der Waals surface area (Å²) >= 11 is 2.82. The normalized spacial score (nSPS) is 11.1. The van der Waals surface area contributed by atoms with Gasteiger partial charge in [0.25, 0.3) is 11.8 Å². The Labute approximate surface area is 275 Å². The minimum atomic E-state index is -0.490. The summed E-state index contributed by atoms with van der Waals surface area (Å²) in [5.74, 6) is -0.236. The van der Waals surface area contributed by atoms with Gasteiger partial charge in [0, 0.05) is 26.6 Å². The molecule has 0 aliphatic rings. The standard InChI is InChI=1S/C36H32N4O4S2/c1-23-12-14-26(15-13-23)33-24(2)46-36(40-33)39-32(41)22-45-30-18-16-28(17-19-30)37-35(43)31(21-25-8-7-11-29(20-25)44-3)38-34(42)27-9-5-4-6-10-27/h4-21H,22H2,1-3H3,(H,37,43)(H,38,42)(H,39,40,41)/b31-21-. The molecule has 3 amide bonds. The number of thiazole rings is 1. The van der Waals surface area contributed by atoms with E-state index >= 15 is 0 Å². The second kappa shape index (κ2) is 15.2. The maximum Gasteiger partial charge on any atom is 0.272 e. The highest BCUT2D eigenvalue weighted by molar-refractivity contribution is 8.00. The van der Waals surface area contributed by atoms with Crippen LogP contribution in [0.1, 0.15) is 26.4 Å². The Kier molecular flexibility index (Phi) is 10.6. The first-order valence-corrected chi connectivity index (χ1v) is 16.2. The van der Waals surface area contributed by atoms with Crippen molar-refractivity contribution in [3.8, 4) is 17.0 Å². The predicted octanol–water partition coefficient (Wildman–Crippen LogP) is 7.58. The number of aryl methyl sites for hydroxylation is 2. The third-order valence-electron chi connectivity index (χ3n) is 6.78. The van der Waals surface area contributed by atoms with Crippen molar-refractivity contribution in [2.45, 2.75) is 18.7 Å². The van der Waals surface area contributed by atoms with Crippen molar-refractivity contribution < 1.29 is 19.1 Å². The summed E-state index contributed by atoms with van der Waals surface area (Å²) in [6.07, 6.45) is 1.59. The lowest BCUT2D eigenvalue weighted by Crippen LogP contribution is -2.30. The van der Waals surface area contributed by atoms with Crippen LogP contribution in [0.3, 0.4) is 0 Å². The molecular weight excluding hydrogens is 617 g/mol. The van der Waals surface area contributed by atoms with Crippen molar-refractivity contribution in [2.24, 2.45) is 0 Å². The van der Waals surface area contributed by atoms with Gasteiger partial charge in [0.15, 0.2) is 5.13 Å². The number of thioether (sulfide) groups is 1. The van der Waals surface area contributed by atoms with E-state index < -0.39 is 11.8 Å². The number of anilines is 2. The molecule has 1 heterocycles. The summed E-state index contributed by atoms with van der Waals surface area (Å²) in [6, 6.07) is 31.1. The third kappa shape index (κ3) is 8.71. The van der Waals surface area contributed by atoms with Gasteiger partial charge in [-0.25, -0.2) is 4.98 Å². The van der Waals surface area contributed by atoms with Gasteiger partial charge < -0.3 is 20.7 Å². The monoisotopic (exact) mass is 648 g/mol. The first-order chi connectivity index (χ1) is 22.3. The Balaban J connectivity index is 1.20. The molecule has 0 bridgehead atoms. The number of hydrogen-bond donors (Lipinski definition) is 3. The van der Waals surface area contributed by atoms with Crippen molar-refractivity contribution in [2.75, 3.05) is 23.5 Å². The molecule has 0 radical (unpaired) electrons. The lowest BCUT2D eigenvalue weighted by Gasteiger charge is -2.12. The number of amides is 3. The molecule has 0 fully saturated rings. The van der Waals surface area contributed by atoms with Crippen LogP contribution in [0.25, 0.3) is 17.3 Å². The van der Waals surface area contributed by atoms with Crippen LogP contribution in [0.4, 0.5) is 10.8 Å². The third-order valence-corrected chi connectivity index (χ3v) is 8.68. The molecule has 232 valence electrons. The van der Waals surface area contributed by atoms with E-state index in [0.717, 1.165) is 21.0 Å². The molecule has 0 aliphatic heterocycles. The predicted molar refractivity (Wildman–Crippen MR) is 186 cm³/mol. The number of benzene rings is 4. The van der Waals surface area contributed by atoms with Gasteiger partial charge in [0.2, 0.25) is 5.91 Å². The molecular formula is C36H32N4O4S2. The van der Waals surface area contributed by atoms with Gasteiger partial charge in [-0.3, -0.25) is 14.4 Å². The Morgan fingerprint density at radius 2 is 1.61 bits per heavy atom. The molecule has 5 aromatic rings. The highest BCUT2D eigenvalue weighted by Gasteiger charge is 2.16. The summed E-state index contributed by atoms with van der Waals surface area (Å²) in [5, 5.41) is 9.05. The maximum absolute atomic E-state index is 13.4. The lowest BCUT2D eigenvalue weighted by molar-refractivity contribution is -0.114. The summed E-state index contributed by atoms with van der Waals surface area (Å²) in [4.78, 5) is 45.5. The van der Waals surface area contributed by atoms with Crippen LogP contribution in [-0.2, 0) is 9.59 Å². The number of nitrogens with zero attached hydrogens (tertiary/aromatic N) is 1. The Bertz CT molecular complexity index is 1870. The van der Waals surface area contributed by atoms with Crippen LogP contribution in [0, 0.1) is 13.8 Å². The van der Waals surface area contributed by atoms with Gasteiger partial charge in [0.05, 0.1) is 18.6 Å². The molecule has 5 rings (SSSR count). The minimum absolute atomic E-state index is 0.0696. The molecule has 10 heteroatoms. The Hall–Kier alpha value is -5.19. The van der Waals surface area contributed by atoms with E-state index in [2.05, 4.69) is 20.9 Å². The largest absolute Gasteiger partial charge is 0.497 e. The van der Waals surface area contributed by atoms with Crippen LogP contribution in [-0.4, -0.2) is 35.6 Å². The van der Waals surface area contributed by atoms with E-state index in [9.17, 15) is 14.4 Å². The van der Waals surface area contributed by atoms with Crippen LogP contribution in [0.15, 0.2) is 114 Å². The van der Waals surface area contributed by atoms with Crippen LogP contribution in [0.5, 0.6) is 5.75 Å². The molecule has 0 saturated heterocycles. The number of hydrogen-bond acceptors (Lipinski definition) is 7. The fourth-order valence-corrected chi connectivity index (χ4v) is 5.96. The minimum Gasteiger partial charge on any atom is -0.497 e. The number of methoxy groups -OCH3 is 1. The number of ether oxygens (including phenoxy) is 1. The molecule has 0 unspecified atom stereocenters. The number of rotatable bonds is 11. The molecule has 1 aromatic heterocycles. The molecule has 0 spiro atoms. The first-order valence-electron chi connectivity index (χ1n) is 14.4. The van der Waals surface area contributed by atoms with Crippen molar-refractivity contribution in [1.29, 1.82) is 0 Å². The fraction of sp³-hybridized carbons (Fsp3) is 0.111. The zero-order valence-corrected chi connectivity index (χ0v) is 27.1. The number of carbonyl (C=O) groups excluding carboxylic acids is 3. The van der Waals surface area contributed by atoms with E-state index in [1.54, 1.807) is 67.8 Å². The Morgan fingerprint density at radius 1 is 0.870 bits per heavy atom. The Morgan fingerprint density at radius 3 is 2.33 bits per heavy atom. The van der Waals surface area contributed by atoms with Crippen molar-refractivity contribution in [3.05, 3.63) is 130 Å². The number of nitrogens with one attached hydrogen (secondary N) is 3. The molecule has 0 atom stereocenters. The molecule has 8 nitrogen and oxygen atoms in total. The number of carbonyl (C=O) groups is 3. The van der Waals surface area contributed by atoms with Gasteiger partial charge in [-0.05, 0) is 74.0 Å². The topological polar surface area (TPSA) is 109 Å². The average molecular weight is 649 g/mol. The van der Waals surface area contributed by atoms with E-state index in [1.165, 1.54) is 28.7 Å². The van der Waals surface area contributed by atoms with Crippen LogP contribution < -0.4 is 20.7 Å². The van der Waals surface area contributed by atoms with Gasteiger partial charge >= 0.3 is 0 Å². The molecule has 46 heavy (non-hydrogen) atoms. The van der Waals surface area contributed by atoms with Gasteiger partial charge in [-0.15, -0.1) is 23.1 Å². The summed E-state index contributed by atoms with van der Waals surface area (Å²) in [5.41, 5.74) is 4.77. The smallest absolute Gasteiger partial charge is 0.272 e. The second-order valence-electron chi connectivity index (χ2n) is 10.3. The molecule has 0 saturated carbocycles. The summed E-state index contributed by atoms with van der Waals surface area (Å²) < 4.78 is 5.30. The van der Waals surface area contributed by atoms with E-state index in [1.807, 2.05) is 62.4 Å². The first kappa shape index (κ1) is 32.2. The maximum atomic E-state index is 13.4. The molecule has 3 N–H and O–H groups in total. The zero-order chi connectivity index (χ0) is 32.5. The quantitative estimate of drug-likeness (QED) is 0.101. The molecule has 0 aliphatic carbocycles. The van der Waals surface area contributed by atoms with Gasteiger partial charge in [-0.1, -0.05) is 60.2 Å². The second-order valence-corrected chi connectivity index (χ2v) is 12.5. The lowest BCUT2D eigenvalue weighted by atomic mass is 10.1.